The smallest absolute Gasteiger partial charge is 0.407 e. The van der Waals surface area contributed by atoms with Gasteiger partial charge in [0.05, 0.1) is 12.3 Å². The van der Waals surface area contributed by atoms with E-state index in [1.54, 1.807) is 4.90 Å². The summed E-state index contributed by atoms with van der Waals surface area (Å²) in [5.41, 5.74) is 4.67. The molecule has 0 aromatic heterocycles. The summed E-state index contributed by atoms with van der Waals surface area (Å²) >= 11 is 0. The van der Waals surface area contributed by atoms with Crippen LogP contribution in [0.25, 0.3) is 11.1 Å². The van der Waals surface area contributed by atoms with Gasteiger partial charge >= 0.3 is 12.1 Å². The lowest BCUT2D eigenvalue weighted by molar-refractivity contribution is -0.140. The predicted octanol–water partition coefficient (Wildman–Crippen LogP) is 4.41. The number of fused-ring (bicyclic) bond motifs is 3. The van der Waals surface area contributed by atoms with Crippen LogP contribution in [0.4, 0.5) is 4.79 Å². The summed E-state index contributed by atoms with van der Waals surface area (Å²) in [5, 5.41) is 12.0. The van der Waals surface area contributed by atoms with Crippen LogP contribution in [0.15, 0.2) is 48.5 Å². The molecule has 7 nitrogen and oxygen atoms in total. The number of carboxylic acids is 1. The van der Waals surface area contributed by atoms with E-state index in [9.17, 15) is 14.4 Å². The molecule has 0 unspecified atom stereocenters. The summed E-state index contributed by atoms with van der Waals surface area (Å²) in [7, 11) is 0. The summed E-state index contributed by atoms with van der Waals surface area (Å²) in [4.78, 5) is 38.9. The quantitative estimate of drug-likeness (QED) is 0.559. The van der Waals surface area contributed by atoms with Crippen LogP contribution in [0, 0.1) is 11.8 Å². The molecule has 2 saturated carbocycles. The number of nitrogens with one attached hydrogen (secondary N) is 1. The van der Waals surface area contributed by atoms with Crippen LogP contribution in [-0.4, -0.2) is 53.7 Å². The zero-order valence-electron chi connectivity index (χ0n) is 19.8. The van der Waals surface area contributed by atoms with Gasteiger partial charge in [0.15, 0.2) is 0 Å². The van der Waals surface area contributed by atoms with E-state index in [0.29, 0.717) is 18.9 Å². The lowest BCUT2D eigenvalue weighted by atomic mass is 9.98. The molecule has 5 rings (SSSR count). The largest absolute Gasteiger partial charge is 0.481 e. The molecule has 0 radical (unpaired) electrons. The first-order valence-corrected chi connectivity index (χ1v) is 12.6. The van der Waals surface area contributed by atoms with Gasteiger partial charge in [-0.25, -0.2) is 4.79 Å². The molecule has 184 valence electrons. The van der Waals surface area contributed by atoms with Gasteiger partial charge in [0.1, 0.15) is 6.61 Å². The number of alkyl carbamates (subject to hydrolysis) is 1. The molecule has 35 heavy (non-hydrogen) atoms. The fourth-order valence-electron chi connectivity index (χ4n) is 5.59. The van der Waals surface area contributed by atoms with Crippen LogP contribution in [0.5, 0.6) is 0 Å². The van der Waals surface area contributed by atoms with E-state index in [4.69, 9.17) is 9.84 Å². The van der Waals surface area contributed by atoms with Crippen LogP contribution < -0.4 is 5.32 Å². The van der Waals surface area contributed by atoms with Crippen molar-refractivity contribution in [3.8, 4) is 11.1 Å². The van der Waals surface area contributed by atoms with Gasteiger partial charge in [-0.2, -0.15) is 0 Å². The highest BCUT2D eigenvalue weighted by Gasteiger charge is 2.38. The first-order chi connectivity index (χ1) is 17.0. The first-order valence-electron chi connectivity index (χ1n) is 12.6. The van der Waals surface area contributed by atoms with Gasteiger partial charge in [-0.1, -0.05) is 55.0 Å². The summed E-state index contributed by atoms with van der Waals surface area (Å²) < 4.78 is 5.69. The topological polar surface area (TPSA) is 95.9 Å². The summed E-state index contributed by atoms with van der Waals surface area (Å²) in [5.74, 6) is -0.817. The number of hydrogen-bond acceptors (Lipinski definition) is 4. The van der Waals surface area contributed by atoms with Crippen LogP contribution >= 0.6 is 0 Å². The Kier molecular flexibility index (Phi) is 6.75. The predicted molar refractivity (Wildman–Crippen MR) is 131 cm³/mol. The molecule has 2 fully saturated rings. The average molecular weight is 477 g/mol. The van der Waals surface area contributed by atoms with E-state index in [1.165, 1.54) is 11.1 Å². The minimum atomic E-state index is -0.904. The Balaban J connectivity index is 1.20. The Labute approximate surface area is 205 Å². The van der Waals surface area contributed by atoms with Crippen LogP contribution in [-0.2, 0) is 14.3 Å². The molecule has 2 aromatic rings. The van der Waals surface area contributed by atoms with E-state index < -0.39 is 12.1 Å². The number of benzene rings is 2. The normalized spacial score (nSPS) is 20.7. The monoisotopic (exact) mass is 476 g/mol. The third kappa shape index (κ3) is 5.19. The fourth-order valence-corrected chi connectivity index (χ4v) is 5.59. The summed E-state index contributed by atoms with van der Waals surface area (Å²) in [6, 6.07) is 16.1. The molecule has 0 bridgehead atoms. The van der Waals surface area contributed by atoms with Crippen molar-refractivity contribution in [3.63, 3.8) is 0 Å². The third-order valence-corrected chi connectivity index (χ3v) is 7.56. The molecule has 0 heterocycles. The Morgan fingerprint density at radius 3 is 2.23 bits per heavy atom. The van der Waals surface area contributed by atoms with Gasteiger partial charge in [0, 0.05) is 25.0 Å². The number of rotatable bonds is 9. The number of carbonyl (C=O) groups is 3. The molecule has 0 aliphatic heterocycles. The highest BCUT2D eigenvalue weighted by Crippen LogP contribution is 2.44. The Hall–Kier alpha value is -3.35. The second-order valence-corrected chi connectivity index (χ2v) is 9.99. The van der Waals surface area contributed by atoms with Crippen LogP contribution in [0.1, 0.15) is 55.6 Å². The maximum atomic E-state index is 13.3. The molecule has 2 amide bonds. The van der Waals surface area contributed by atoms with E-state index in [0.717, 1.165) is 36.8 Å². The first kappa shape index (κ1) is 23.4. The van der Waals surface area contributed by atoms with Crippen molar-refractivity contribution < 1.29 is 24.2 Å². The summed E-state index contributed by atoms with van der Waals surface area (Å²) in [6.45, 7) is 1.07. The summed E-state index contributed by atoms with van der Waals surface area (Å²) in [6.07, 6.45) is 3.87. The molecular formula is C28H32N2O5. The Morgan fingerprint density at radius 2 is 1.60 bits per heavy atom. The second kappa shape index (κ2) is 10.1. The Bertz CT molecular complexity index is 1070. The molecule has 0 spiro atoms. The van der Waals surface area contributed by atoms with Gasteiger partial charge in [-0.15, -0.1) is 0 Å². The van der Waals surface area contributed by atoms with Gasteiger partial charge in [0.25, 0.3) is 0 Å². The standard InChI is InChI=1S/C28H32N2O5/c31-26(32)14-15-30(16-18-12-13-18)27(33)23-10-5-11-25(23)29-28(34)35-17-24-21-8-3-1-6-19(21)20-7-2-4-9-22(20)24/h1-4,6-9,18,23-25H,5,10-17H2,(H,29,34)(H,31,32)/t23-,25+/m0/s1. The molecule has 0 saturated heterocycles. The van der Waals surface area contributed by atoms with Gasteiger partial charge < -0.3 is 20.1 Å². The lowest BCUT2D eigenvalue weighted by Gasteiger charge is -2.28. The second-order valence-electron chi connectivity index (χ2n) is 9.99. The number of hydrogen-bond donors (Lipinski definition) is 2. The Morgan fingerprint density at radius 1 is 0.943 bits per heavy atom. The van der Waals surface area contributed by atoms with Gasteiger partial charge in [-0.3, -0.25) is 9.59 Å². The molecule has 3 aliphatic carbocycles. The molecule has 2 N–H and O–H groups in total. The molecular weight excluding hydrogens is 444 g/mol. The van der Waals surface area contributed by atoms with Crippen molar-refractivity contribution >= 4 is 18.0 Å². The minimum Gasteiger partial charge on any atom is -0.481 e. The third-order valence-electron chi connectivity index (χ3n) is 7.56. The molecule has 7 heteroatoms. The number of carboxylic acid groups (broad SMARTS) is 1. The maximum Gasteiger partial charge on any atom is 0.407 e. The van der Waals surface area contributed by atoms with E-state index in [-0.39, 0.29) is 43.4 Å². The van der Waals surface area contributed by atoms with Crippen LogP contribution in [0.2, 0.25) is 0 Å². The highest BCUT2D eigenvalue weighted by atomic mass is 16.5. The molecule has 2 atom stereocenters. The zero-order valence-corrected chi connectivity index (χ0v) is 19.8. The highest BCUT2D eigenvalue weighted by molar-refractivity contribution is 5.82. The number of ether oxygens (including phenoxy) is 1. The average Bonchev–Trinajstić information content (AvgIpc) is 3.47. The van der Waals surface area contributed by atoms with Crippen molar-refractivity contribution in [1.82, 2.24) is 10.2 Å². The maximum absolute atomic E-state index is 13.3. The van der Waals surface area contributed by atoms with Crippen molar-refractivity contribution in [2.75, 3.05) is 19.7 Å². The lowest BCUT2D eigenvalue weighted by Crippen LogP contribution is -2.47. The SMILES string of the molecule is O=C(O)CCN(CC1CC1)C(=O)[C@H]1CCC[C@H]1NC(=O)OCC1c2ccccc2-c2ccccc21. The number of aliphatic carboxylic acids is 1. The number of nitrogens with zero attached hydrogens (tertiary/aromatic N) is 1. The molecule has 2 aromatic carbocycles. The van der Waals surface area contributed by atoms with Gasteiger partial charge in [0.2, 0.25) is 5.91 Å². The van der Waals surface area contributed by atoms with Gasteiger partial charge in [-0.05, 0) is 53.9 Å². The van der Waals surface area contributed by atoms with E-state index >= 15 is 0 Å². The van der Waals surface area contributed by atoms with Crippen LogP contribution in [0.3, 0.4) is 0 Å². The van der Waals surface area contributed by atoms with E-state index in [1.807, 2.05) is 24.3 Å². The van der Waals surface area contributed by atoms with Crippen molar-refractivity contribution in [3.05, 3.63) is 59.7 Å². The fraction of sp³-hybridized carbons (Fsp3) is 0.464. The van der Waals surface area contributed by atoms with Crippen molar-refractivity contribution in [2.24, 2.45) is 11.8 Å². The number of carbonyl (C=O) groups excluding carboxylic acids is 2. The molecule has 3 aliphatic rings. The zero-order chi connectivity index (χ0) is 24.4. The van der Waals surface area contributed by atoms with E-state index in [2.05, 4.69) is 29.6 Å². The van der Waals surface area contributed by atoms with Crippen molar-refractivity contribution in [2.45, 2.75) is 50.5 Å². The van der Waals surface area contributed by atoms with Crippen molar-refractivity contribution in [1.29, 1.82) is 0 Å². The minimum absolute atomic E-state index is 0.0146. The number of amides is 2.